The lowest BCUT2D eigenvalue weighted by Crippen LogP contribution is -2.24. The van der Waals surface area contributed by atoms with Gasteiger partial charge in [0.1, 0.15) is 12.4 Å². The van der Waals surface area contributed by atoms with Gasteiger partial charge >= 0.3 is 0 Å². The highest BCUT2D eigenvalue weighted by Crippen LogP contribution is 2.39. The topological polar surface area (TPSA) is 220 Å². The van der Waals surface area contributed by atoms with Crippen LogP contribution < -0.4 is 19.5 Å². The summed E-state index contributed by atoms with van der Waals surface area (Å²) in [6.45, 7) is 1.12. The second-order valence-electron chi connectivity index (χ2n) is 7.17. The van der Waals surface area contributed by atoms with E-state index in [0.717, 1.165) is 0 Å². The first-order valence-corrected chi connectivity index (χ1v) is 15.1. The lowest BCUT2D eigenvalue weighted by atomic mass is 10.1. The molecule has 1 rings (SSSR count). The van der Waals surface area contributed by atoms with Crippen molar-refractivity contribution in [1.82, 2.24) is 5.32 Å². The maximum absolute atomic E-state index is 12.5. The molecule has 1 amide bonds. The molecule has 1 aromatic rings. The molecule has 0 aromatic heterocycles. The summed E-state index contributed by atoms with van der Waals surface area (Å²) in [4.78, 5) is 12.5. The van der Waals surface area contributed by atoms with Crippen LogP contribution >= 0.6 is 0 Å². The van der Waals surface area contributed by atoms with Crippen LogP contribution in [0.15, 0.2) is 12.1 Å². The van der Waals surface area contributed by atoms with Crippen LogP contribution in [0.1, 0.15) is 36.5 Å². The van der Waals surface area contributed by atoms with E-state index < -0.39 is 60.1 Å². The molecule has 0 radical (unpaired) electrons. The van der Waals surface area contributed by atoms with Crippen molar-refractivity contribution >= 4 is 36.3 Å². The van der Waals surface area contributed by atoms with Crippen molar-refractivity contribution < 1.29 is 57.9 Å². The number of amides is 1. The molecule has 0 bridgehead atoms. The quantitative estimate of drug-likeness (QED) is 0.149. The van der Waals surface area contributed by atoms with Gasteiger partial charge in [0.15, 0.2) is 11.5 Å². The first-order valence-electron chi connectivity index (χ1n) is 10.3. The number of carbonyl (C=O) groups is 1. The van der Waals surface area contributed by atoms with Gasteiger partial charge in [0.2, 0.25) is 5.75 Å². The normalized spacial score (nSPS) is 12.2. The molecule has 4 N–H and O–H groups in total. The number of hydrogen-bond acceptors (Lipinski definition) is 10. The second-order valence-corrected chi connectivity index (χ2v) is 11.9. The van der Waals surface area contributed by atoms with Crippen molar-refractivity contribution in [3.63, 3.8) is 0 Å². The molecule has 0 saturated heterocycles. The van der Waals surface area contributed by atoms with Gasteiger partial charge in [-0.1, -0.05) is 6.92 Å². The minimum absolute atomic E-state index is 0.0235. The SMILES string of the molecule is CCCNC(=O)c1cc(OCCCS(=O)(=O)O)c(OCCCS(=O)(=O)O)c(OCCS(=O)(=O)O)c1. The number of carbonyl (C=O) groups excluding carboxylic acids is 1. The first kappa shape index (κ1) is 30.9. The van der Waals surface area contributed by atoms with Gasteiger partial charge in [0, 0.05) is 12.1 Å². The zero-order valence-corrected chi connectivity index (χ0v) is 21.3. The Labute approximate surface area is 204 Å². The Morgan fingerprint density at radius 2 is 1.23 bits per heavy atom. The van der Waals surface area contributed by atoms with Crippen LogP contribution in [0.2, 0.25) is 0 Å². The minimum atomic E-state index is -4.38. The van der Waals surface area contributed by atoms with Gasteiger partial charge in [-0.3, -0.25) is 18.5 Å². The maximum atomic E-state index is 12.5. The van der Waals surface area contributed by atoms with Crippen LogP contribution in [0.4, 0.5) is 0 Å². The zero-order valence-electron chi connectivity index (χ0n) is 18.9. The molecule has 35 heavy (non-hydrogen) atoms. The van der Waals surface area contributed by atoms with Crippen molar-refractivity contribution in [2.75, 3.05) is 43.6 Å². The third kappa shape index (κ3) is 14.1. The van der Waals surface area contributed by atoms with E-state index in [-0.39, 0.29) is 48.9 Å². The molecule has 0 aliphatic carbocycles. The zero-order chi connectivity index (χ0) is 26.7. The van der Waals surface area contributed by atoms with Crippen molar-refractivity contribution in [3.8, 4) is 17.2 Å². The van der Waals surface area contributed by atoms with Crippen molar-refractivity contribution in [2.24, 2.45) is 0 Å². The third-order valence-electron chi connectivity index (χ3n) is 4.01. The highest BCUT2D eigenvalue weighted by Gasteiger charge is 2.20. The Bertz CT molecular complexity index is 1160. The molecule has 1 aromatic carbocycles. The van der Waals surface area contributed by atoms with Crippen LogP contribution in [-0.4, -0.2) is 88.4 Å². The number of benzene rings is 1. The Kier molecular flexibility index (Phi) is 12.2. The Morgan fingerprint density at radius 3 is 1.69 bits per heavy atom. The summed E-state index contributed by atoms with van der Waals surface area (Å²) in [6, 6.07) is 2.48. The van der Waals surface area contributed by atoms with Gasteiger partial charge in [-0.15, -0.1) is 0 Å². The monoisotopic (exact) mass is 563 g/mol. The van der Waals surface area contributed by atoms with E-state index in [2.05, 4.69) is 5.32 Å². The molecule has 0 aliphatic heterocycles. The van der Waals surface area contributed by atoms with Gasteiger partial charge < -0.3 is 19.5 Å². The average Bonchev–Trinajstić information content (AvgIpc) is 2.71. The fraction of sp³-hybridized carbons (Fsp3) is 0.611. The molecular weight excluding hydrogens is 534 g/mol. The van der Waals surface area contributed by atoms with Crippen LogP contribution in [-0.2, 0) is 30.4 Å². The molecule has 0 spiro atoms. The van der Waals surface area contributed by atoms with Crippen molar-refractivity contribution in [1.29, 1.82) is 0 Å². The second kappa shape index (κ2) is 13.8. The molecule has 202 valence electrons. The fourth-order valence-electron chi connectivity index (χ4n) is 2.50. The van der Waals surface area contributed by atoms with Crippen LogP contribution in [0.5, 0.6) is 17.2 Å². The van der Waals surface area contributed by atoms with Gasteiger partial charge in [-0.05, 0) is 31.4 Å². The summed E-state index contributed by atoms with van der Waals surface area (Å²) in [6.07, 6.45) is 0.355. The summed E-state index contributed by atoms with van der Waals surface area (Å²) < 4.78 is 109. The fourth-order valence-corrected chi connectivity index (χ4v) is 3.76. The molecule has 0 unspecified atom stereocenters. The van der Waals surface area contributed by atoms with E-state index >= 15 is 0 Å². The Hall–Kier alpha value is -2.18. The molecule has 0 heterocycles. The van der Waals surface area contributed by atoms with Crippen molar-refractivity contribution in [2.45, 2.75) is 26.2 Å². The predicted molar refractivity (Wildman–Crippen MR) is 124 cm³/mol. The first-order chi connectivity index (χ1) is 16.1. The lowest BCUT2D eigenvalue weighted by Gasteiger charge is -2.18. The largest absolute Gasteiger partial charge is 0.489 e. The van der Waals surface area contributed by atoms with E-state index in [4.69, 9.17) is 27.9 Å². The van der Waals surface area contributed by atoms with E-state index in [0.29, 0.717) is 13.0 Å². The number of nitrogens with one attached hydrogen (secondary N) is 1. The van der Waals surface area contributed by atoms with Crippen LogP contribution in [0, 0.1) is 0 Å². The van der Waals surface area contributed by atoms with Crippen LogP contribution in [0.3, 0.4) is 0 Å². The Balaban J connectivity index is 3.27. The smallest absolute Gasteiger partial charge is 0.268 e. The molecule has 0 atom stereocenters. The standard InChI is InChI=1S/C18H29NO13S3/c1-2-5-19-18(20)14-12-15(30-6-3-9-33(21,22)23)17(32-7-4-10-34(24,25)26)16(13-14)31-8-11-35(27,28)29/h12-13H,2-11H2,1H3,(H,19,20)(H,21,22,23)(H,24,25,26)(H,27,28,29). The van der Waals surface area contributed by atoms with E-state index in [9.17, 15) is 30.0 Å². The highest BCUT2D eigenvalue weighted by molar-refractivity contribution is 7.86. The van der Waals surface area contributed by atoms with Crippen LogP contribution in [0.25, 0.3) is 0 Å². The van der Waals surface area contributed by atoms with Gasteiger partial charge in [0.25, 0.3) is 36.3 Å². The number of rotatable bonds is 17. The molecule has 14 nitrogen and oxygen atoms in total. The van der Waals surface area contributed by atoms with Crippen molar-refractivity contribution in [3.05, 3.63) is 17.7 Å². The van der Waals surface area contributed by atoms with E-state index in [1.165, 1.54) is 12.1 Å². The molecule has 17 heteroatoms. The third-order valence-corrected chi connectivity index (χ3v) is 6.31. The predicted octanol–water partition coefficient (Wildman–Crippen LogP) is 0.406. The van der Waals surface area contributed by atoms with Gasteiger partial charge in [-0.2, -0.15) is 25.3 Å². The number of ether oxygens (including phenoxy) is 3. The summed E-state index contributed by atoms with van der Waals surface area (Å²) in [7, 11) is -12.9. The van der Waals surface area contributed by atoms with E-state index in [1.807, 2.05) is 6.92 Å². The summed E-state index contributed by atoms with van der Waals surface area (Å²) in [5, 5.41) is 2.63. The lowest BCUT2D eigenvalue weighted by molar-refractivity contribution is 0.0952. The minimum Gasteiger partial charge on any atom is -0.489 e. The van der Waals surface area contributed by atoms with E-state index in [1.54, 1.807) is 0 Å². The summed E-state index contributed by atoms with van der Waals surface area (Å²) >= 11 is 0. The maximum Gasteiger partial charge on any atom is 0.268 e. The molecular formula is C18H29NO13S3. The summed E-state index contributed by atoms with van der Waals surface area (Å²) in [5.41, 5.74) is 0.0235. The number of hydrogen-bond donors (Lipinski definition) is 4. The summed E-state index contributed by atoms with van der Waals surface area (Å²) in [5.74, 6) is -2.99. The molecule has 0 saturated carbocycles. The molecule has 0 fully saturated rings. The Morgan fingerprint density at radius 1 is 0.771 bits per heavy atom. The highest BCUT2D eigenvalue weighted by atomic mass is 32.2. The van der Waals surface area contributed by atoms with Gasteiger partial charge in [0.05, 0.1) is 24.7 Å². The average molecular weight is 564 g/mol. The molecule has 0 aliphatic rings. The van der Waals surface area contributed by atoms with Gasteiger partial charge in [-0.25, -0.2) is 0 Å².